The zero-order chi connectivity index (χ0) is 65.9. The third-order valence-electron chi connectivity index (χ3n) is 11.4. The van der Waals surface area contributed by atoms with Crippen molar-refractivity contribution < 1.29 is 127 Å². The summed E-state index contributed by atoms with van der Waals surface area (Å²) in [7, 11) is -32.0. The van der Waals surface area contributed by atoms with Crippen molar-refractivity contribution in [2.75, 3.05) is 18.1 Å². The molecule has 0 heterocycles. The van der Waals surface area contributed by atoms with Crippen molar-refractivity contribution in [3.05, 3.63) is 94.5 Å². The number of nitrogens with zero attached hydrogens (tertiary/aromatic N) is 9. The monoisotopic (exact) mass is 1400 g/mol. The van der Waals surface area contributed by atoms with Gasteiger partial charge in [-0.05, 0) is 73.5 Å². The molecule has 7 aromatic rings. The molecule has 89 heavy (non-hydrogen) atoms. The Balaban J connectivity index is 1.36. The highest BCUT2D eigenvalue weighted by molar-refractivity contribution is 7.95. The number of hydrogen-bond acceptors (Lipinski definition) is 34. The summed E-state index contributed by atoms with van der Waals surface area (Å²) < 4.78 is 225. The van der Waals surface area contributed by atoms with E-state index in [0.29, 0.717) is 42.0 Å². The summed E-state index contributed by atoms with van der Waals surface area (Å²) >= 11 is -0.0136. The fraction of sp³-hybridized carbons (Fsp3) is 0.0952. The van der Waals surface area contributed by atoms with Crippen LogP contribution in [0, 0.1) is 17.0 Å². The van der Waals surface area contributed by atoms with E-state index in [1.165, 1.54) is 25.1 Å². The van der Waals surface area contributed by atoms with Crippen LogP contribution in [-0.2, 0) is 79.5 Å². The van der Waals surface area contributed by atoms with E-state index < -0.39 is 190 Å². The normalized spacial score (nSPS) is 13.1. The molecule has 7 rings (SSSR count). The first-order chi connectivity index (χ1) is 41.3. The van der Waals surface area contributed by atoms with Crippen molar-refractivity contribution in [1.29, 1.82) is 0 Å². The molecule has 0 aliphatic carbocycles. The molecule has 0 fully saturated rings. The summed E-state index contributed by atoms with van der Waals surface area (Å²) in [5, 5.41) is 86.1. The number of benzene rings is 7. The highest BCUT2D eigenvalue weighted by atomic mass is 32.2. The molecule has 474 valence electrons. The van der Waals surface area contributed by atoms with Crippen LogP contribution in [0.5, 0.6) is 17.2 Å². The molecule has 0 aliphatic rings. The zero-order valence-electron chi connectivity index (χ0n) is 43.2. The summed E-state index contributed by atoms with van der Waals surface area (Å²) in [6.07, 6.45) is -0.122. The largest absolute Gasteiger partial charge is 0.505 e. The number of rotatable bonds is 25. The van der Waals surface area contributed by atoms with E-state index in [1.807, 2.05) is 0 Å². The first kappa shape index (κ1) is 68.5. The van der Waals surface area contributed by atoms with E-state index in [4.69, 9.17) is 25.5 Å². The molecule has 0 aliphatic heterocycles. The molecule has 0 bridgehead atoms. The summed E-state index contributed by atoms with van der Waals surface area (Å²) in [5.41, 5.74) is -1.33. The van der Waals surface area contributed by atoms with Crippen molar-refractivity contribution in [2.24, 2.45) is 40.9 Å². The van der Waals surface area contributed by atoms with E-state index in [-0.39, 0.29) is 48.6 Å². The van der Waals surface area contributed by atoms with E-state index in [1.54, 1.807) is 0 Å². The molecular formula is C42H34N10O29S8. The first-order valence-corrected chi connectivity index (χ1v) is 33.1. The summed E-state index contributed by atoms with van der Waals surface area (Å²) in [4.78, 5) is 2.77. The second-order valence-electron chi connectivity index (χ2n) is 17.1. The summed E-state index contributed by atoms with van der Waals surface area (Å²) in [5.74, 6) is -3.15. The van der Waals surface area contributed by atoms with Crippen LogP contribution >= 0.6 is 24.1 Å². The van der Waals surface area contributed by atoms with Crippen LogP contribution in [0.3, 0.4) is 0 Å². The number of non-ortho nitro benzene ring substituents is 1. The molecule has 0 spiro atoms. The molecule has 0 amide bonds. The number of phenols is 2. The highest BCUT2D eigenvalue weighted by Crippen LogP contribution is 2.51. The Morgan fingerprint density at radius 3 is 1.65 bits per heavy atom. The number of anilines is 1. The van der Waals surface area contributed by atoms with Gasteiger partial charge in [-0.3, -0.25) is 37.4 Å². The Hall–Kier alpha value is -8.02. The molecule has 39 nitrogen and oxygen atoms in total. The molecule has 0 unspecified atom stereocenters. The number of hydrogen-bond donors (Lipinski definition) is 11. The van der Waals surface area contributed by atoms with Crippen molar-refractivity contribution >= 4 is 163 Å². The third-order valence-corrected chi connectivity index (χ3v) is 17.9. The van der Waals surface area contributed by atoms with Crippen LogP contribution in [-0.4, -0.2) is 116 Å². The van der Waals surface area contributed by atoms with E-state index in [2.05, 4.69) is 59.7 Å². The predicted octanol–water partition coefficient (Wildman–Crippen LogP) is 9.61. The third kappa shape index (κ3) is 16.3. The Bertz CT molecular complexity index is 4920. The number of nitrogen functional groups attached to an aromatic ring is 1. The average molecular weight is 1400 g/mol. The first-order valence-electron chi connectivity index (χ1n) is 22.8. The smallest absolute Gasteiger partial charge is 0.297 e. The Kier molecular flexibility index (Phi) is 20.5. The van der Waals surface area contributed by atoms with Crippen LogP contribution in [0.2, 0.25) is 0 Å². The minimum atomic E-state index is -5.77. The van der Waals surface area contributed by atoms with Crippen molar-refractivity contribution in [1.82, 2.24) is 0 Å². The van der Waals surface area contributed by atoms with Gasteiger partial charge in [-0.25, -0.2) is 10.5 Å². The van der Waals surface area contributed by atoms with E-state index in [9.17, 15) is 93.6 Å². The van der Waals surface area contributed by atoms with Crippen molar-refractivity contribution in [2.45, 2.75) is 47.6 Å². The van der Waals surface area contributed by atoms with Gasteiger partial charge in [-0.15, -0.1) is 44.5 Å². The number of nitro groups is 1. The highest BCUT2D eigenvalue weighted by Gasteiger charge is 2.31. The van der Waals surface area contributed by atoms with Gasteiger partial charge >= 0.3 is 0 Å². The molecule has 47 heteroatoms. The second-order valence-corrected chi connectivity index (χ2v) is 27.1. The van der Waals surface area contributed by atoms with Gasteiger partial charge in [0.05, 0.1) is 67.9 Å². The molecule has 0 saturated carbocycles. The fourth-order valence-corrected chi connectivity index (χ4v) is 12.5. The zero-order valence-corrected chi connectivity index (χ0v) is 49.8. The van der Waals surface area contributed by atoms with Gasteiger partial charge in [0.15, 0.2) is 11.5 Å². The number of fused-ring (bicyclic) bond motifs is 2. The topological polar surface area (TPSA) is 621 Å². The Morgan fingerprint density at radius 2 is 1.06 bits per heavy atom. The van der Waals surface area contributed by atoms with Crippen LogP contribution in [0.15, 0.2) is 154 Å². The lowest BCUT2D eigenvalue weighted by atomic mass is 10.0. The molecule has 0 radical (unpaired) electrons. The average Bonchev–Trinajstić information content (AvgIpc) is 1.97. The number of azo groups is 4. The predicted molar refractivity (Wildman–Crippen MR) is 300 cm³/mol. The van der Waals surface area contributed by atoms with Crippen LogP contribution < -0.4 is 10.5 Å². The van der Waals surface area contributed by atoms with Gasteiger partial charge in [-0.2, -0.15) is 55.6 Å². The summed E-state index contributed by atoms with van der Waals surface area (Å²) in [6, 6.07) is 10.3. The standard InChI is InChI=1S/C42H34N10O29S8/c1-18-3-5-20(77-9-2-10-84(59,60)61)12-26(18)46-48-28-15-30(82-80-78-57)27(16-34(28)87(68,69)70)47-51-39-35(88(71,72)73)14-22-21(40(39)53)6-8-25(42(22)89(74,75)76)45-49-29-17-32(85(62,63)64)23-13-31(83-81-79-58)38(41(54)36(23)37(29)43)50-44-24-7-4-19(52(55)56)11-33(24)86(65,66)67/h3-8,11-17,53-54,57-58H,2,9-10,43H2,1H3,(H,59,60,61)(H,62,63,64)(H,65,66,67)(H,68,69,70)(H,71,72,73)(H,74,75,76). The maximum Gasteiger partial charge on any atom is 0.297 e. The summed E-state index contributed by atoms with van der Waals surface area (Å²) in [6.45, 7) is 1.34. The van der Waals surface area contributed by atoms with E-state index in [0.717, 1.165) is 24.3 Å². The van der Waals surface area contributed by atoms with Crippen molar-refractivity contribution in [3.63, 3.8) is 0 Å². The number of aromatic hydroxyl groups is 2. The molecule has 12 N–H and O–H groups in total. The van der Waals surface area contributed by atoms with Gasteiger partial charge in [0.2, 0.25) is 0 Å². The van der Waals surface area contributed by atoms with Crippen LogP contribution in [0.25, 0.3) is 21.5 Å². The number of nitrogens with two attached hydrogens (primary N) is 1. The Labute approximate surface area is 505 Å². The lowest BCUT2D eigenvalue weighted by molar-refractivity contribution is -0.432. The minimum Gasteiger partial charge on any atom is -0.505 e. The van der Waals surface area contributed by atoms with Gasteiger partial charge in [-0.1, -0.05) is 16.1 Å². The molecule has 0 atom stereocenters. The SMILES string of the molecule is Cc1ccc(OCCCS(=O)(=O)O)cc1N=Nc1cc(SOOO)c(N=Nc2c(S(=O)(=O)O)cc3c(S(=O)(=O)O)c(N=Nc4cc(S(=O)(=O)O)c5cc(SOOO)c(N=Nc6ccc([N+](=O)[O-])cc6S(=O)(=O)O)c(O)c5c4N)ccc3c2O)cc1S(=O)(=O)O. The second kappa shape index (κ2) is 26.6. The molecule has 0 aromatic heterocycles. The number of phenolic OH excluding ortho intramolecular Hbond substituents is 2. The van der Waals surface area contributed by atoms with Gasteiger partial charge < -0.3 is 20.7 Å². The van der Waals surface area contributed by atoms with E-state index >= 15 is 0 Å². The lowest BCUT2D eigenvalue weighted by Crippen LogP contribution is -2.08. The number of ether oxygens (including phenoxy) is 1. The Morgan fingerprint density at radius 1 is 0.517 bits per heavy atom. The van der Waals surface area contributed by atoms with Gasteiger partial charge in [0.25, 0.3) is 66.4 Å². The maximum atomic E-state index is 13.2. The number of nitro benzene ring substituents is 1. The minimum absolute atomic E-state index is 0.0115. The number of aryl methyl sites for hydroxylation is 1. The molecule has 0 saturated heterocycles. The molecular weight excluding hydrogens is 1370 g/mol. The maximum absolute atomic E-state index is 13.2. The molecule has 7 aromatic carbocycles. The van der Waals surface area contributed by atoms with Crippen LogP contribution in [0.4, 0.5) is 56.9 Å². The van der Waals surface area contributed by atoms with Gasteiger partial charge in [0.1, 0.15) is 70.0 Å². The quantitative estimate of drug-likeness (QED) is 0.00370. The van der Waals surface area contributed by atoms with Gasteiger partial charge in [0, 0.05) is 34.4 Å². The van der Waals surface area contributed by atoms with Crippen molar-refractivity contribution in [3.8, 4) is 17.2 Å². The van der Waals surface area contributed by atoms with Crippen LogP contribution in [0.1, 0.15) is 12.0 Å². The lowest BCUT2D eigenvalue weighted by Gasteiger charge is -2.15. The fourth-order valence-electron chi connectivity index (χ4n) is 7.61.